The monoisotopic (exact) mass is 851 g/mol. The standard InChI is InChI=1S/C38H32Br3NO7/c1-22-2-4-23(5-3-22)31(43)20-30-18-19-32(47-36(44)24-6-12-27(39)13-7-24)34-35(49-38(46)26-10-16-29(41)17-11-26)33(21-42(30)34)48-37(45)25-8-14-28(40)15-9-25/h2-17,30,32-35H,18-21H2,1H3/t30-,32-,33-,34-,35-/m1/s1. The third kappa shape index (κ3) is 8.40. The van der Waals surface area contributed by atoms with Gasteiger partial charge in [0, 0.05) is 38.0 Å². The lowest BCUT2D eigenvalue weighted by molar-refractivity contribution is -0.0694. The number of benzene rings is 4. The highest BCUT2D eigenvalue weighted by Gasteiger charge is 2.55. The Kier molecular flexibility index (Phi) is 11.1. The average molecular weight is 854 g/mol. The molecule has 0 bridgehead atoms. The van der Waals surface area contributed by atoms with Crippen molar-refractivity contribution >= 4 is 71.5 Å². The average Bonchev–Trinajstić information content (AvgIpc) is 3.44. The Morgan fingerprint density at radius 3 is 1.51 bits per heavy atom. The van der Waals surface area contributed by atoms with Crippen molar-refractivity contribution in [1.29, 1.82) is 0 Å². The van der Waals surface area contributed by atoms with E-state index in [9.17, 15) is 19.2 Å². The molecule has 0 saturated carbocycles. The molecule has 2 aliphatic heterocycles. The molecule has 2 fully saturated rings. The molecular weight excluding hydrogens is 822 g/mol. The lowest BCUT2D eigenvalue weighted by Gasteiger charge is -2.42. The second kappa shape index (κ2) is 15.5. The molecule has 2 heterocycles. The lowest BCUT2D eigenvalue weighted by atomic mass is 9.88. The summed E-state index contributed by atoms with van der Waals surface area (Å²) in [6, 6.07) is 26.8. The number of ether oxygens (including phenoxy) is 3. The van der Waals surface area contributed by atoms with Crippen molar-refractivity contribution in [3.05, 3.63) is 138 Å². The second-order valence-electron chi connectivity index (χ2n) is 12.2. The van der Waals surface area contributed by atoms with E-state index in [0.29, 0.717) is 35.1 Å². The normalized spacial score (nSPS) is 21.8. The fourth-order valence-corrected chi connectivity index (χ4v) is 7.18. The summed E-state index contributed by atoms with van der Waals surface area (Å²) in [6.45, 7) is 2.13. The Balaban J connectivity index is 1.33. The largest absolute Gasteiger partial charge is 0.457 e. The number of rotatable bonds is 9. The minimum Gasteiger partial charge on any atom is -0.457 e. The molecule has 0 spiro atoms. The summed E-state index contributed by atoms with van der Waals surface area (Å²) in [7, 11) is 0. The summed E-state index contributed by atoms with van der Waals surface area (Å²) < 4.78 is 20.8. The maximum Gasteiger partial charge on any atom is 0.338 e. The molecule has 0 aromatic heterocycles. The third-order valence-corrected chi connectivity index (χ3v) is 10.5. The van der Waals surface area contributed by atoms with Crippen molar-refractivity contribution < 1.29 is 33.4 Å². The molecule has 4 aromatic carbocycles. The van der Waals surface area contributed by atoms with Crippen LogP contribution in [-0.4, -0.2) is 65.5 Å². The minimum absolute atomic E-state index is 0.0345. The number of nitrogens with zero attached hydrogens (tertiary/aromatic N) is 1. The van der Waals surface area contributed by atoms with E-state index in [1.54, 1.807) is 72.8 Å². The Hall–Kier alpha value is -3.64. The van der Waals surface area contributed by atoms with E-state index >= 15 is 0 Å². The molecule has 252 valence electrons. The number of carbonyl (C=O) groups excluding carboxylic acids is 4. The molecule has 49 heavy (non-hydrogen) atoms. The summed E-state index contributed by atoms with van der Waals surface area (Å²) in [5, 5.41) is 0. The van der Waals surface area contributed by atoms with Crippen LogP contribution in [0.4, 0.5) is 0 Å². The number of hydrogen-bond donors (Lipinski definition) is 0. The quantitative estimate of drug-likeness (QED) is 0.0942. The molecule has 6 rings (SSSR count). The van der Waals surface area contributed by atoms with E-state index in [4.69, 9.17) is 14.2 Å². The third-order valence-electron chi connectivity index (χ3n) is 8.91. The Bertz CT molecular complexity index is 1830. The van der Waals surface area contributed by atoms with Gasteiger partial charge in [0.15, 0.2) is 18.0 Å². The van der Waals surface area contributed by atoms with Gasteiger partial charge in [0.25, 0.3) is 0 Å². The molecular formula is C38H32Br3NO7. The first-order valence-corrected chi connectivity index (χ1v) is 18.2. The fourth-order valence-electron chi connectivity index (χ4n) is 6.38. The maximum atomic E-state index is 13.6. The van der Waals surface area contributed by atoms with Gasteiger partial charge in [-0.3, -0.25) is 9.69 Å². The molecule has 0 radical (unpaired) electrons. The lowest BCUT2D eigenvalue weighted by Crippen LogP contribution is -2.56. The highest BCUT2D eigenvalue weighted by molar-refractivity contribution is 9.11. The predicted octanol–water partition coefficient (Wildman–Crippen LogP) is 8.38. The summed E-state index contributed by atoms with van der Waals surface area (Å²) in [5.74, 6) is -1.76. The van der Waals surface area contributed by atoms with E-state index < -0.39 is 42.3 Å². The van der Waals surface area contributed by atoms with E-state index in [2.05, 4.69) is 47.8 Å². The minimum atomic E-state index is -1.00. The molecule has 2 saturated heterocycles. The van der Waals surface area contributed by atoms with Gasteiger partial charge < -0.3 is 14.2 Å². The summed E-state index contributed by atoms with van der Waals surface area (Å²) >= 11 is 10.2. The van der Waals surface area contributed by atoms with Crippen LogP contribution in [0.2, 0.25) is 0 Å². The first-order chi connectivity index (χ1) is 23.5. The molecule has 4 aromatic rings. The number of hydrogen-bond acceptors (Lipinski definition) is 8. The Morgan fingerprint density at radius 2 is 1.02 bits per heavy atom. The zero-order valence-corrected chi connectivity index (χ0v) is 31.1. The number of fused-ring (bicyclic) bond motifs is 1. The topological polar surface area (TPSA) is 99.2 Å². The summed E-state index contributed by atoms with van der Waals surface area (Å²) in [5.41, 5.74) is 2.66. The van der Waals surface area contributed by atoms with E-state index in [1.165, 1.54) is 0 Å². The number of halogens is 3. The number of esters is 3. The number of aryl methyl sites for hydroxylation is 1. The van der Waals surface area contributed by atoms with Gasteiger partial charge in [0.05, 0.1) is 22.7 Å². The van der Waals surface area contributed by atoms with Crippen molar-refractivity contribution in [2.24, 2.45) is 0 Å². The maximum absolute atomic E-state index is 13.6. The molecule has 0 aliphatic carbocycles. The highest BCUT2D eigenvalue weighted by atomic mass is 79.9. The zero-order chi connectivity index (χ0) is 34.7. The zero-order valence-electron chi connectivity index (χ0n) is 26.4. The van der Waals surface area contributed by atoms with Crippen LogP contribution in [0.5, 0.6) is 0 Å². The van der Waals surface area contributed by atoms with Gasteiger partial charge in [-0.15, -0.1) is 0 Å². The molecule has 0 N–H and O–H groups in total. The molecule has 0 unspecified atom stereocenters. The summed E-state index contributed by atoms with van der Waals surface area (Å²) in [6.07, 6.45) is -1.50. The Morgan fingerprint density at radius 1 is 0.592 bits per heavy atom. The smallest absolute Gasteiger partial charge is 0.338 e. The van der Waals surface area contributed by atoms with Crippen LogP contribution >= 0.6 is 47.8 Å². The van der Waals surface area contributed by atoms with Crippen molar-refractivity contribution in [2.45, 2.75) is 56.6 Å². The van der Waals surface area contributed by atoms with Crippen LogP contribution in [0.1, 0.15) is 66.3 Å². The van der Waals surface area contributed by atoms with Crippen LogP contribution in [0.25, 0.3) is 0 Å². The van der Waals surface area contributed by atoms with Gasteiger partial charge in [-0.25, -0.2) is 14.4 Å². The number of piperidine rings is 1. The van der Waals surface area contributed by atoms with Gasteiger partial charge in [0.2, 0.25) is 0 Å². The van der Waals surface area contributed by atoms with Crippen LogP contribution in [0.3, 0.4) is 0 Å². The van der Waals surface area contributed by atoms with Crippen LogP contribution in [-0.2, 0) is 14.2 Å². The van der Waals surface area contributed by atoms with E-state index in [-0.39, 0.29) is 24.8 Å². The molecule has 5 atom stereocenters. The first kappa shape index (κ1) is 35.2. The number of carbonyl (C=O) groups is 4. The van der Waals surface area contributed by atoms with Crippen molar-refractivity contribution in [3.8, 4) is 0 Å². The first-order valence-electron chi connectivity index (χ1n) is 15.8. The van der Waals surface area contributed by atoms with Crippen LogP contribution < -0.4 is 0 Å². The van der Waals surface area contributed by atoms with Gasteiger partial charge in [0.1, 0.15) is 6.10 Å². The molecule has 2 aliphatic rings. The van der Waals surface area contributed by atoms with Gasteiger partial charge in [-0.2, -0.15) is 0 Å². The van der Waals surface area contributed by atoms with E-state index in [1.807, 2.05) is 36.1 Å². The van der Waals surface area contributed by atoms with Crippen molar-refractivity contribution in [3.63, 3.8) is 0 Å². The SMILES string of the molecule is Cc1ccc(C(=O)C[C@H]2CC[C@@H](OC(=O)c3ccc(Br)cc3)[C@@H]3[C@H](OC(=O)c4ccc(Br)cc4)[C@H](OC(=O)c4ccc(Br)cc4)CN23)cc1. The van der Waals surface area contributed by atoms with Gasteiger partial charge in [-0.1, -0.05) is 77.6 Å². The molecule has 8 nitrogen and oxygen atoms in total. The summed E-state index contributed by atoms with van der Waals surface area (Å²) in [4.78, 5) is 56.0. The predicted molar refractivity (Wildman–Crippen MR) is 194 cm³/mol. The van der Waals surface area contributed by atoms with Crippen molar-refractivity contribution in [1.82, 2.24) is 4.90 Å². The van der Waals surface area contributed by atoms with Crippen LogP contribution in [0.15, 0.2) is 110 Å². The second-order valence-corrected chi connectivity index (χ2v) is 14.9. The van der Waals surface area contributed by atoms with Gasteiger partial charge in [-0.05, 0) is 92.6 Å². The van der Waals surface area contributed by atoms with E-state index in [0.717, 1.165) is 19.0 Å². The number of Topliss-reactive ketones (excluding diaryl/α,β-unsaturated/α-hetero) is 1. The molecule has 11 heteroatoms. The Labute approximate surface area is 309 Å². The fraction of sp³-hybridized carbons (Fsp3) is 0.263. The van der Waals surface area contributed by atoms with Crippen molar-refractivity contribution in [2.75, 3.05) is 6.54 Å². The molecule has 0 amide bonds. The van der Waals surface area contributed by atoms with Crippen LogP contribution in [0, 0.1) is 6.92 Å². The van der Waals surface area contributed by atoms with Gasteiger partial charge >= 0.3 is 17.9 Å². The highest BCUT2D eigenvalue weighted by Crippen LogP contribution is 2.39. The number of ketones is 1.